The van der Waals surface area contributed by atoms with Gasteiger partial charge in [0.15, 0.2) is 11.2 Å². The van der Waals surface area contributed by atoms with Crippen molar-refractivity contribution in [3.63, 3.8) is 0 Å². The van der Waals surface area contributed by atoms with Gasteiger partial charge in [-0.2, -0.15) is 4.98 Å². The Morgan fingerprint density at radius 1 is 1.40 bits per heavy atom. The molecule has 0 aromatic carbocycles. The van der Waals surface area contributed by atoms with E-state index in [1.165, 1.54) is 4.68 Å². The fourth-order valence-electron chi connectivity index (χ4n) is 2.60. The van der Waals surface area contributed by atoms with Crippen molar-refractivity contribution < 1.29 is 15.3 Å². The molecule has 2 heterocycles. The summed E-state index contributed by atoms with van der Waals surface area (Å²) in [6.45, 7) is -0.252. The molecule has 1 aliphatic rings. The van der Waals surface area contributed by atoms with Gasteiger partial charge in [-0.05, 0) is 6.42 Å². The first-order valence-electron chi connectivity index (χ1n) is 6.10. The third-order valence-corrected chi connectivity index (χ3v) is 3.67. The van der Waals surface area contributed by atoms with Gasteiger partial charge in [-0.3, -0.25) is 9.78 Å². The molecule has 1 saturated carbocycles. The van der Waals surface area contributed by atoms with Crippen LogP contribution in [-0.4, -0.2) is 59.1 Å². The molecule has 20 heavy (non-hydrogen) atoms. The van der Waals surface area contributed by atoms with E-state index in [1.54, 1.807) is 0 Å². The average Bonchev–Trinajstić information content (AvgIpc) is 2.93. The number of aliphatic hydroxyl groups excluding tert-OH is 3. The van der Waals surface area contributed by atoms with Crippen molar-refractivity contribution in [3.05, 3.63) is 10.4 Å². The first kappa shape index (κ1) is 13.0. The van der Waals surface area contributed by atoms with Gasteiger partial charge in [-0.1, -0.05) is 5.21 Å². The third-order valence-electron chi connectivity index (χ3n) is 3.67. The number of hydrogen-bond acceptors (Lipinski definition) is 8. The SMILES string of the molecule is Nc1nc2c(nnn2[C@@H]2C[C@H](CO)[C@H](O)[C@H]2O)c(=O)[nH]1. The fourth-order valence-corrected chi connectivity index (χ4v) is 2.60. The first-order chi connectivity index (χ1) is 9.52. The molecule has 0 saturated heterocycles. The van der Waals surface area contributed by atoms with Gasteiger partial charge >= 0.3 is 0 Å². The molecule has 4 atom stereocenters. The Kier molecular flexibility index (Phi) is 2.92. The Morgan fingerprint density at radius 3 is 2.80 bits per heavy atom. The van der Waals surface area contributed by atoms with E-state index < -0.39 is 29.7 Å². The Bertz CT molecular complexity index is 697. The normalized spacial score (nSPS) is 30.1. The second-order valence-electron chi connectivity index (χ2n) is 4.88. The van der Waals surface area contributed by atoms with E-state index >= 15 is 0 Å². The molecule has 1 fully saturated rings. The first-order valence-corrected chi connectivity index (χ1v) is 6.10. The Hall–Kier alpha value is -2.04. The number of aromatic amines is 1. The summed E-state index contributed by atoms with van der Waals surface area (Å²) in [6.07, 6.45) is -1.89. The van der Waals surface area contributed by atoms with Crippen LogP contribution in [0.25, 0.3) is 11.2 Å². The maximum atomic E-state index is 11.7. The number of rotatable bonds is 2. The predicted molar refractivity (Wildman–Crippen MR) is 66.6 cm³/mol. The number of nitrogen functional groups attached to an aromatic ring is 1. The van der Waals surface area contributed by atoms with Crippen molar-refractivity contribution in [2.24, 2.45) is 5.92 Å². The summed E-state index contributed by atoms with van der Waals surface area (Å²) in [5.41, 5.74) is 5.10. The molecule has 10 nitrogen and oxygen atoms in total. The Balaban J connectivity index is 2.09. The molecule has 3 rings (SSSR count). The van der Waals surface area contributed by atoms with Gasteiger partial charge in [0.25, 0.3) is 5.56 Å². The molecule has 0 aliphatic heterocycles. The van der Waals surface area contributed by atoms with Gasteiger partial charge in [0.1, 0.15) is 6.10 Å². The zero-order valence-electron chi connectivity index (χ0n) is 10.3. The number of nitrogens with two attached hydrogens (primary N) is 1. The minimum absolute atomic E-state index is 0.00772. The van der Waals surface area contributed by atoms with Gasteiger partial charge in [0.2, 0.25) is 5.95 Å². The molecular weight excluding hydrogens is 268 g/mol. The predicted octanol–water partition coefficient (Wildman–Crippen LogP) is -2.63. The third kappa shape index (κ3) is 1.77. The number of aliphatic hydroxyl groups is 3. The molecule has 0 amide bonds. The molecule has 2 aromatic heterocycles. The van der Waals surface area contributed by atoms with Crippen molar-refractivity contribution in [1.29, 1.82) is 0 Å². The van der Waals surface area contributed by atoms with E-state index in [-0.39, 0.29) is 23.7 Å². The van der Waals surface area contributed by atoms with Crippen LogP contribution in [0.15, 0.2) is 4.79 Å². The standard InChI is InChI=1S/C10H14N6O4/c11-10-12-8-5(9(20)13-10)14-15-16(8)4-1-3(2-17)6(18)7(4)19/h3-4,6-7,17-19H,1-2H2,(H3,11,12,13,20)/t3-,4-,6+,7+/m1/s1. The van der Waals surface area contributed by atoms with E-state index in [2.05, 4.69) is 20.3 Å². The minimum Gasteiger partial charge on any atom is -0.396 e. The maximum Gasteiger partial charge on any atom is 0.282 e. The van der Waals surface area contributed by atoms with Gasteiger partial charge in [-0.15, -0.1) is 5.10 Å². The highest BCUT2D eigenvalue weighted by atomic mass is 16.3. The van der Waals surface area contributed by atoms with E-state index in [1.807, 2.05) is 0 Å². The van der Waals surface area contributed by atoms with Gasteiger partial charge in [0, 0.05) is 12.5 Å². The summed E-state index contributed by atoms with van der Waals surface area (Å²) in [6, 6.07) is -0.624. The van der Waals surface area contributed by atoms with Crippen LogP contribution in [0, 0.1) is 5.92 Å². The van der Waals surface area contributed by atoms with Gasteiger partial charge < -0.3 is 21.1 Å². The van der Waals surface area contributed by atoms with Gasteiger partial charge in [-0.25, -0.2) is 4.68 Å². The minimum atomic E-state index is -1.13. The molecule has 0 unspecified atom stereocenters. The zero-order valence-corrected chi connectivity index (χ0v) is 10.3. The topological polar surface area (TPSA) is 163 Å². The number of nitrogens with zero attached hydrogens (tertiary/aromatic N) is 4. The van der Waals surface area contributed by atoms with Crippen molar-refractivity contribution in [3.8, 4) is 0 Å². The van der Waals surface area contributed by atoms with Crippen LogP contribution >= 0.6 is 0 Å². The van der Waals surface area contributed by atoms with Crippen LogP contribution in [0.5, 0.6) is 0 Å². The highest BCUT2D eigenvalue weighted by molar-refractivity contribution is 5.69. The summed E-state index contributed by atoms with van der Waals surface area (Å²) >= 11 is 0. The smallest absolute Gasteiger partial charge is 0.282 e. The van der Waals surface area contributed by atoms with Crippen LogP contribution in [-0.2, 0) is 0 Å². The second-order valence-corrected chi connectivity index (χ2v) is 4.88. The lowest BCUT2D eigenvalue weighted by molar-refractivity contribution is -0.00511. The maximum absolute atomic E-state index is 11.7. The molecule has 108 valence electrons. The van der Waals surface area contributed by atoms with Crippen molar-refractivity contribution in [2.75, 3.05) is 12.3 Å². The summed E-state index contributed by atoms with van der Waals surface area (Å²) in [4.78, 5) is 17.9. The quantitative estimate of drug-likeness (QED) is 0.399. The Labute approximate surface area is 111 Å². The van der Waals surface area contributed by atoms with E-state index in [0.29, 0.717) is 6.42 Å². The summed E-state index contributed by atoms with van der Waals surface area (Å²) < 4.78 is 1.27. The number of hydrogen-bond donors (Lipinski definition) is 5. The monoisotopic (exact) mass is 282 g/mol. The molecule has 6 N–H and O–H groups in total. The number of fused-ring (bicyclic) bond motifs is 1. The van der Waals surface area contributed by atoms with Crippen LogP contribution < -0.4 is 11.3 Å². The van der Waals surface area contributed by atoms with Crippen molar-refractivity contribution >= 4 is 17.1 Å². The summed E-state index contributed by atoms with van der Waals surface area (Å²) in [7, 11) is 0. The number of aromatic nitrogens is 5. The van der Waals surface area contributed by atoms with Crippen LogP contribution in [0.3, 0.4) is 0 Å². The summed E-state index contributed by atoms with van der Waals surface area (Å²) in [5.74, 6) is -0.550. The fraction of sp³-hybridized carbons (Fsp3) is 0.600. The molecule has 0 bridgehead atoms. The molecule has 10 heteroatoms. The molecule has 0 spiro atoms. The average molecular weight is 282 g/mol. The van der Waals surface area contributed by atoms with Crippen LogP contribution in [0.4, 0.5) is 5.95 Å². The second kappa shape index (κ2) is 4.51. The number of H-pyrrole nitrogens is 1. The Morgan fingerprint density at radius 2 is 2.15 bits per heavy atom. The largest absolute Gasteiger partial charge is 0.396 e. The van der Waals surface area contributed by atoms with E-state index in [0.717, 1.165) is 0 Å². The highest BCUT2D eigenvalue weighted by Gasteiger charge is 2.43. The van der Waals surface area contributed by atoms with Crippen LogP contribution in [0.1, 0.15) is 12.5 Å². The lowest BCUT2D eigenvalue weighted by Gasteiger charge is -2.16. The number of nitrogens with one attached hydrogen (secondary N) is 1. The molecule has 0 radical (unpaired) electrons. The van der Waals surface area contributed by atoms with E-state index in [9.17, 15) is 15.0 Å². The molecular formula is C10H14N6O4. The zero-order chi connectivity index (χ0) is 14.4. The lowest BCUT2D eigenvalue weighted by atomic mass is 10.1. The van der Waals surface area contributed by atoms with Crippen LogP contribution in [0.2, 0.25) is 0 Å². The van der Waals surface area contributed by atoms with E-state index in [4.69, 9.17) is 10.8 Å². The van der Waals surface area contributed by atoms with Crippen molar-refractivity contribution in [1.82, 2.24) is 25.0 Å². The number of anilines is 1. The van der Waals surface area contributed by atoms with Crippen molar-refractivity contribution in [2.45, 2.75) is 24.7 Å². The molecule has 2 aromatic rings. The van der Waals surface area contributed by atoms with Gasteiger partial charge in [0.05, 0.1) is 12.1 Å². The molecule has 1 aliphatic carbocycles. The lowest BCUT2D eigenvalue weighted by Crippen LogP contribution is -2.31. The highest BCUT2D eigenvalue weighted by Crippen LogP contribution is 2.35. The summed E-state index contributed by atoms with van der Waals surface area (Å²) in [5, 5.41) is 36.5.